The molecule has 0 N–H and O–H groups in total. The molecule has 7 nitrogen and oxygen atoms in total. The molecule has 2 aromatic heterocycles. The Bertz CT molecular complexity index is 1070. The highest BCUT2D eigenvalue weighted by Crippen LogP contribution is 2.18. The van der Waals surface area contributed by atoms with Gasteiger partial charge in [0.25, 0.3) is 11.5 Å². The summed E-state index contributed by atoms with van der Waals surface area (Å²) >= 11 is 0. The quantitative estimate of drug-likeness (QED) is 0.683. The van der Waals surface area contributed by atoms with Gasteiger partial charge < -0.3 is 4.90 Å². The lowest BCUT2D eigenvalue weighted by Gasteiger charge is -2.34. The highest BCUT2D eigenvalue weighted by Gasteiger charge is 2.26. The van der Waals surface area contributed by atoms with Crippen LogP contribution in [0.1, 0.15) is 35.9 Å². The summed E-state index contributed by atoms with van der Waals surface area (Å²) in [5.74, 6) is -0.114. The summed E-state index contributed by atoms with van der Waals surface area (Å²) in [6.07, 6.45) is 3.65. The van der Waals surface area contributed by atoms with Crippen molar-refractivity contribution in [1.82, 2.24) is 24.6 Å². The molecule has 0 radical (unpaired) electrons. The van der Waals surface area contributed by atoms with Gasteiger partial charge in [0.1, 0.15) is 0 Å². The summed E-state index contributed by atoms with van der Waals surface area (Å²) in [5, 5.41) is 5.61. The Kier molecular flexibility index (Phi) is 5.40. The number of hydrogen-bond acceptors (Lipinski definition) is 5. The van der Waals surface area contributed by atoms with Crippen LogP contribution in [0.25, 0.3) is 10.8 Å². The molecule has 0 atom stereocenters. The van der Waals surface area contributed by atoms with E-state index in [0.29, 0.717) is 29.6 Å². The molecule has 3 heterocycles. The SMILES string of the molecule is CC(C)n1nc(C(=O)N2CCN(Cc3cccnc3)CC2)c2ccccc2c1=O. The third-order valence-corrected chi connectivity index (χ3v) is 5.31. The molecular formula is C22H25N5O2. The first kappa shape index (κ1) is 19.3. The van der Waals surface area contributed by atoms with E-state index in [9.17, 15) is 9.59 Å². The fraction of sp³-hybridized carbons (Fsp3) is 0.364. The third kappa shape index (κ3) is 3.91. The molecule has 4 rings (SSSR count). The molecule has 1 aliphatic heterocycles. The van der Waals surface area contributed by atoms with Crippen molar-refractivity contribution in [3.63, 3.8) is 0 Å². The molecule has 0 spiro atoms. The molecule has 0 aliphatic carbocycles. The van der Waals surface area contributed by atoms with Crippen molar-refractivity contribution in [2.75, 3.05) is 26.2 Å². The zero-order valence-electron chi connectivity index (χ0n) is 16.8. The van der Waals surface area contributed by atoms with Gasteiger partial charge in [0, 0.05) is 50.5 Å². The monoisotopic (exact) mass is 391 g/mol. The number of carbonyl (C=O) groups excluding carboxylic acids is 1. The number of hydrogen-bond donors (Lipinski definition) is 0. The second kappa shape index (κ2) is 8.13. The van der Waals surface area contributed by atoms with Crippen molar-refractivity contribution in [3.8, 4) is 0 Å². The van der Waals surface area contributed by atoms with Crippen LogP contribution in [0.5, 0.6) is 0 Å². The maximum absolute atomic E-state index is 13.3. The lowest BCUT2D eigenvalue weighted by atomic mass is 10.1. The van der Waals surface area contributed by atoms with E-state index in [1.165, 1.54) is 10.2 Å². The van der Waals surface area contributed by atoms with E-state index < -0.39 is 0 Å². The van der Waals surface area contributed by atoms with Gasteiger partial charge in [0.2, 0.25) is 0 Å². The second-order valence-electron chi connectivity index (χ2n) is 7.67. The Morgan fingerprint density at radius 3 is 2.41 bits per heavy atom. The molecule has 29 heavy (non-hydrogen) atoms. The average molecular weight is 391 g/mol. The van der Waals surface area contributed by atoms with E-state index in [1.54, 1.807) is 18.3 Å². The van der Waals surface area contributed by atoms with Crippen LogP contribution in [0, 0.1) is 0 Å². The molecule has 1 aromatic carbocycles. The van der Waals surface area contributed by atoms with Crippen LogP contribution in [0.2, 0.25) is 0 Å². The summed E-state index contributed by atoms with van der Waals surface area (Å²) in [5.41, 5.74) is 1.37. The molecule has 1 saturated heterocycles. The minimum atomic E-state index is -0.159. The lowest BCUT2D eigenvalue weighted by molar-refractivity contribution is 0.0622. The number of nitrogens with zero attached hydrogens (tertiary/aromatic N) is 5. The van der Waals surface area contributed by atoms with Gasteiger partial charge in [-0.2, -0.15) is 5.10 Å². The van der Waals surface area contributed by atoms with Gasteiger partial charge in [-0.15, -0.1) is 0 Å². The predicted molar refractivity (Wildman–Crippen MR) is 112 cm³/mol. The molecule has 1 amide bonds. The molecular weight excluding hydrogens is 366 g/mol. The van der Waals surface area contributed by atoms with E-state index in [0.717, 1.165) is 19.6 Å². The van der Waals surface area contributed by atoms with Gasteiger partial charge >= 0.3 is 0 Å². The number of rotatable bonds is 4. The Labute approximate surface area is 169 Å². The molecule has 3 aromatic rings. The molecule has 7 heteroatoms. The minimum absolute atomic E-state index is 0.114. The standard InChI is InChI=1S/C22H25N5O2/c1-16(2)27-21(28)19-8-4-3-7-18(19)20(24-27)22(29)26-12-10-25(11-13-26)15-17-6-5-9-23-14-17/h3-9,14,16H,10-13,15H2,1-2H3. The Morgan fingerprint density at radius 1 is 1.03 bits per heavy atom. The molecule has 0 bridgehead atoms. The summed E-state index contributed by atoms with van der Waals surface area (Å²) in [4.78, 5) is 34.3. The first-order valence-electron chi connectivity index (χ1n) is 9.96. The fourth-order valence-electron chi connectivity index (χ4n) is 3.72. The van der Waals surface area contributed by atoms with E-state index in [4.69, 9.17) is 0 Å². The summed E-state index contributed by atoms with van der Waals surface area (Å²) in [6, 6.07) is 11.1. The van der Waals surface area contributed by atoms with Crippen molar-refractivity contribution in [2.45, 2.75) is 26.4 Å². The van der Waals surface area contributed by atoms with Crippen LogP contribution in [0.4, 0.5) is 0 Å². The number of pyridine rings is 1. The number of piperazine rings is 1. The molecule has 150 valence electrons. The van der Waals surface area contributed by atoms with Crippen LogP contribution in [0.3, 0.4) is 0 Å². The first-order valence-corrected chi connectivity index (χ1v) is 9.96. The van der Waals surface area contributed by atoms with E-state index >= 15 is 0 Å². The number of carbonyl (C=O) groups is 1. The van der Waals surface area contributed by atoms with Crippen LogP contribution in [-0.4, -0.2) is 56.7 Å². The summed E-state index contributed by atoms with van der Waals surface area (Å²) < 4.78 is 1.41. The third-order valence-electron chi connectivity index (χ3n) is 5.31. The summed E-state index contributed by atoms with van der Waals surface area (Å²) in [6.45, 7) is 7.48. The fourth-order valence-corrected chi connectivity index (χ4v) is 3.72. The Morgan fingerprint density at radius 2 is 1.76 bits per heavy atom. The van der Waals surface area contributed by atoms with E-state index in [1.807, 2.05) is 43.1 Å². The minimum Gasteiger partial charge on any atom is -0.335 e. The number of benzene rings is 1. The van der Waals surface area contributed by atoms with Crippen molar-refractivity contribution in [3.05, 3.63) is 70.4 Å². The van der Waals surface area contributed by atoms with Crippen LogP contribution < -0.4 is 5.56 Å². The topological polar surface area (TPSA) is 71.3 Å². The Hall–Kier alpha value is -3.06. The van der Waals surface area contributed by atoms with Crippen molar-refractivity contribution in [2.24, 2.45) is 0 Å². The lowest BCUT2D eigenvalue weighted by Crippen LogP contribution is -2.48. The van der Waals surface area contributed by atoms with Crippen molar-refractivity contribution in [1.29, 1.82) is 0 Å². The number of fused-ring (bicyclic) bond motifs is 1. The van der Waals surface area contributed by atoms with Crippen molar-refractivity contribution < 1.29 is 4.79 Å². The van der Waals surface area contributed by atoms with Crippen LogP contribution >= 0.6 is 0 Å². The highest BCUT2D eigenvalue weighted by atomic mass is 16.2. The highest BCUT2D eigenvalue weighted by molar-refractivity contribution is 6.04. The Balaban J connectivity index is 1.55. The normalized spacial score (nSPS) is 15.2. The number of amides is 1. The largest absolute Gasteiger partial charge is 0.335 e. The second-order valence-corrected chi connectivity index (χ2v) is 7.67. The smallest absolute Gasteiger partial charge is 0.275 e. The average Bonchev–Trinajstić information content (AvgIpc) is 2.75. The zero-order valence-corrected chi connectivity index (χ0v) is 16.8. The first-order chi connectivity index (χ1) is 14.0. The zero-order chi connectivity index (χ0) is 20.4. The van der Waals surface area contributed by atoms with Gasteiger partial charge in [-0.25, -0.2) is 4.68 Å². The van der Waals surface area contributed by atoms with Crippen molar-refractivity contribution >= 4 is 16.7 Å². The molecule has 1 aliphatic rings. The molecule has 1 fully saturated rings. The maximum Gasteiger partial charge on any atom is 0.275 e. The van der Waals surface area contributed by atoms with Gasteiger partial charge in [0.15, 0.2) is 5.69 Å². The van der Waals surface area contributed by atoms with Crippen LogP contribution in [-0.2, 0) is 6.54 Å². The van der Waals surface area contributed by atoms with E-state index in [2.05, 4.69) is 21.0 Å². The van der Waals surface area contributed by atoms with Gasteiger partial charge in [-0.3, -0.25) is 19.5 Å². The number of aromatic nitrogens is 3. The van der Waals surface area contributed by atoms with Gasteiger partial charge in [-0.1, -0.05) is 24.3 Å². The molecule has 0 saturated carbocycles. The van der Waals surface area contributed by atoms with Gasteiger partial charge in [-0.05, 0) is 31.5 Å². The maximum atomic E-state index is 13.3. The van der Waals surface area contributed by atoms with E-state index in [-0.39, 0.29) is 17.5 Å². The predicted octanol–water partition coefficient (Wildman–Crippen LogP) is 2.33. The molecule has 0 unspecified atom stereocenters. The van der Waals surface area contributed by atoms with Crippen LogP contribution in [0.15, 0.2) is 53.6 Å². The van der Waals surface area contributed by atoms with Gasteiger partial charge in [0.05, 0.1) is 11.4 Å². The summed E-state index contributed by atoms with van der Waals surface area (Å²) in [7, 11) is 0.